The number of halogens is 2. The molecule has 0 aliphatic heterocycles. The first kappa shape index (κ1) is 14.6. The first-order chi connectivity index (χ1) is 9.69. The van der Waals surface area contributed by atoms with Gasteiger partial charge in [0.15, 0.2) is 0 Å². The van der Waals surface area contributed by atoms with Crippen LogP contribution in [0.5, 0.6) is 5.75 Å². The van der Waals surface area contributed by atoms with Crippen LogP contribution in [0, 0.1) is 5.82 Å². The molecule has 1 aromatic carbocycles. The number of aromatic nitrogens is 1. The average Bonchev–Trinajstić information content (AvgIpc) is 2.47. The monoisotopic (exact) mass is 294 g/mol. The summed E-state index contributed by atoms with van der Waals surface area (Å²) in [5, 5.41) is 3.25. The van der Waals surface area contributed by atoms with Crippen molar-refractivity contribution in [1.29, 1.82) is 0 Å². The molecule has 0 radical (unpaired) electrons. The molecule has 5 heteroatoms. The van der Waals surface area contributed by atoms with Crippen LogP contribution in [0.1, 0.15) is 18.9 Å². The van der Waals surface area contributed by atoms with Gasteiger partial charge in [0.2, 0.25) is 0 Å². The number of ether oxygens (including phenoxy) is 1. The first-order valence-electron chi connectivity index (χ1n) is 6.45. The molecule has 2 aromatic rings. The molecule has 0 atom stereocenters. The molecule has 0 fully saturated rings. The lowest BCUT2D eigenvalue weighted by atomic mass is 10.3. The van der Waals surface area contributed by atoms with E-state index in [0.29, 0.717) is 12.4 Å². The summed E-state index contributed by atoms with van der Waals surface area (Å²) < 4.78 is 18.5. The van der Waals surface area contributed by atoms with Gasteiger partial charge in [0.1, 0.15) is 24.0 Å². The Morgan fingerprint density at radius 1 is 1.30 bits per heavy atom. The highest BCUT2D eigenvalue weighted by Gasteiger charge is 2.02. The molecule has 1 N–H and O–H groups in total. The molecule has 1 heterocycles. The van der Waals surface area contributed by atoms with Crippen LogP contribution in [-0.4, -0.2) is 11.5 Å². The molecule has 0 amide bonds. The van der Waals surface area contributed by atoms with E-state index in [-0.39, 0.29) is 5.02 Å². The van der Waals surface area contributed by atoms with Gasteiger partial charge in [0, 0.05) is 24.4 Å². The molecular formula is C15H16ClFN2O. The highest BCUT2D eigenvalue weighted by Crippen LogP contribution is 2.21. The summed E-state index contributed by atoms with van der Waals surface area (Å²) in [6.07, 6.45) is 2.81. The Labute approximate surface area is 122 Å². The summed E-state index contributed by atoms with van der Waals surface area (Å²) in [6.45, 7) is 3.36. The van der Waals surface area contributed by atoms with E-state index in [9.17, 15) is 4.39 Å². The van der Waals surface area contributed by atoms with Crippen LogP contribution < -0.4 is 10.1 Å². The SMILES string of the molecule is CCCNc1ccc(COc2ccc(F)c(Cl)c2)cn1. The van der Waals surface area contributed by atoms with Crippen molar-refractivity contribution in [3.05, 3.63) is 52.9 Å². The summed E-state index contributed by atoms with van der Waals surface area (Å²) in [5.74, 6) is 0.928. The van der Waals surface area contributed by atoms with Gasteiger partial charge in [0.05, 0.1) is 5.02 Å². The van der Waals surface area contributed by atoms with Gasteiger partial charge in [-0.25, -0.2) is 9.37 Å². The zero-order valence-electron chi connectivity index (χ0n) is 11.2. The van der Waals surface area contributed by atoms with E-state index in [1.165, 1.54) is 12.1 Å². The minimum atomic E-state index is -0.452. The van der Waals surface area contributed by atoms with Crippen LogP contribution >= 0.6 is 11.6 Å². The summed E-state index contributed by atoms with van der Waals surface area (Å²) in [7, 11) is 0. The standard InChI is InChI=1S/C15H16ClFN2O/c1-2-7-18-15-6-3-11(9-19-15)10-20-12-4-5-14(17)13(16)8-12/h3-6,8-9H,2,7,10H2,1H3,(H,18,19). The van der Waals surface area contributed by atoms with Crippen LogP contribution in [0.4, 0.5) is 10.2 Å². The molecule has 0 saturated heterocycles. The Hall–Kier alpha value is -1.81. The Morgan fingerprint density at radius 3 is 2.80 bits per heavy atom. The third kappa shape index (κ3) is 4.10. The predicted octanol–water partition coefficient (Wildman–Crippen LogP) is 4.28. The van der Waals surface area contributed by atoms with Crippen molar-refractivity contribution in [2.24, 2.45) is 0 Å². The fourth-order valence-electron chi connectivity index (χ4n) is 1.60. The maximum absolute atomic E-state index is 13.0. The number of benzene rings is 1. The van der Waals surface area contributed by atoms with Gasteiger partial charge in [-0.2, -0.15) is 0 Å². The molecule has 0 aliphatic carbocycles. The van der Waals surface area contributed by atoms with Crippen LogP contribution in [0.3, 0.4) is 0 Å². The van der Waals surface area contributed by atoms with Crippen molar-refractivity contribution in [2.75, 3.05) is 11.9 Å². The van der Waals surface area contributed by atoms with Gasteiger partial charge < -0.3 is 10.1 Å². The molecule has 2 rings (SSSR count). The van der Waals surface area contributed by atoms with Crippen LogP contribution in [0.2, 0.25) is 5.02 Å². The number of hydrogen-bond acceptors (Lipinski definition) is 3. The van der Waals surface area contributed by atoms with E-state index in [0.717, 1.165) is 24.3 Å². The molecule has 0 aliphatic rings. The molecule has 1 aromatic heterocycles. The summed E-state index contributed by atoms with van der Waals surface area (Å²) in [4.78, 5) is 4.28. The van der Waals surface area contributed by atoms with Gasteiger partial charge in [-0.3, -0.25) is 0 Å². The van der Waals surface area contributed by atoms with Crippen molar-refractivity contribution in [2.45, 2.75) is 20.0 Å². The minimum absolute atomic E-state index is 0.0553. The molecule has 3 nitrogen and oxygen atoms in total. The number of nitrogens with zero attached hydrogens (tertiary/aromatic N) is 1. The van der Waals surface area contributed by atoms with Crippen molar-refractivity contribution in [1.82, 2.24) is 4.98 Å². The third-order valence-corrected chi connectivity index (χ3v) is 2.97. The van der Waals surface area contributed by atoms with E-state index in [2.05, 4.69) is 17.2 Å². The van der Waals surface area contributed by atoms with E-state index >= 15 is 0 Å². The molecule has 0 bridgehead atoms. The fourth-order valence-corrected chi connectivity index (χ4v) is 1.77. The van der Waals surface area contributed by atoms with Gasteiger partial charge in [-0.15, -0.1) is 0 Å². The van der Waals surface area contributed by atoms with E-state index in [1.54, 1.807) is 12.3 Å². The van der Waals surface area contributed by atoms with Crippen molar-refractivity contribution in [3.8, 4) is 5.75 Å². The number of rotatable bonds is 6. The number of pyridine rings is 1. The van der Waals surface area contributed by atoms with E-state index in [1.807, 2.05) is 12.1 Å². The smallest absolute Gasteiger partial charge is 0.142 e. The molecule has 0 spiro atoms. The quantitative estimate of drug-likeness (QED) is 0.863. The van der Waals surface area contributed by atoms with Gasteiger partial charge >= 0.3 is 0 Å². The lowest BCUT2D eigenvalue weighted by Crippen LogP contribution is -2.02. The number of anilines is 1. The highest BCUT2D eigenvalue weighted by molar-refractivity contribution is 6.30. The fraction of sp³-hybridized carbons (Fsp3) is 0.267. The van der Waals surface area contributed by atoms with Gasteiger partial charge in [0.25, 0.3) is 0 Å². The second kappa shape index (κ2) is 7.10. The topological polar surface area (TPSA) is 34.1 Å². The van der Waals surface area contributed by atoms with Crippen LogP contribution in [-0.2, 0) is 6.61 Å². The number of hydrogen-bond donors (Lipinski definition) is 1. The highest BCUT2D eigenvalue weighted by atomic mass is 35.5. The summed E-state index contributed by atoms with van der Waals surface area (Å²) >= 11 is 5.69. The minimum Gasteiger partial charge on any atom is -0.489 e. The zero-order valence-corrected chi connectivity index (χ0v) is 12.0. The first-order valence-corrected chi connectivity index (χ1v) is 6.83. The predicted molar refractivity (Wildman–Crippen MR) is 78.8 cm³/mol. The molecular weight excluding hydrogens is 279 g/mol. The van der Waals surface area contributed by atoms with Crippen LogP contribution in [0.25, 0.3) is 0 Å². The van der Waals surface area contributed by atoms with Crippen molar-refractivity contribution >= 4 is 17.4 Å². The zero-order chi connectivity index (χ0) is 14.4. The Bertz CT molecular complexity index is 560. The van der Waals surface area contributed by atoms with Crippen molar-refractivity contribution < 1.29 is 9.13 Å². The summed E-state index contributed by atoms with van der Waals surface area (Å²) in [5.41, 5.74) is 0.937. The van der Waals surface area contributed by atoms with Gasteiger partial charge in [-0.1, -0.05) is 24.6 Å². The largest absolute Gasteiger partial charge is 0.489 e. The Morgan fingerprint density at radius 2 is 2.15 bits per heavy atom. The van der Waals surface area contributed by atoms with E-state index < -0.39 is 5.82 Å². The molecule has 106 valence electrons. The average molecular weight is 295 g/mol. The molecule has 0 unspecified atom stereocenters. The lowest BCUT2D eigenvalue weighted by Gasteiger charge is -2.08. The Balaban J connectivity index is 1.91. The summed E-state index contributed by atoms with van der Waals surface area (Å²) in [6, 6.07) is 8.14. The van der Waals surface area contributed by atoms with Gasteiger partial charge in [-0.05, 0) is 24.6 Å². The third-order valence-electron chi connectivity index (χ3n) is 2.68. The van der Waals surface area contributed by atoms with Crippen molar-refractivity contribution in [3.63, 3.8) is 0 Å². The molecule has 0 saturated carbocycles. The Kier molecular flexibility index (Phi) is 5.18. The lowest BCUT2D eigenvalue weighted by molar-refractivity contribution is 0.305. The normalized spacial score (nSPS) is 10.3. The number of nitrogens with one attached hydrogen (secondary N) is 1. The van der Waals surface area contributed by atoms with Crippen LogP contribution in [0.15, 0.2) is 36.5 Å². The maximum atomic E-state index is 13.0. The second-order valence-electron chi connectivity index (χ2n) is 4.34. The maximum Gasteiger partial charge on any atom is 0.142 e. The van der Waals surface area contributed by atoms with E-state index in [4.69, 9.17) is 16.3 Å². The second-order valence-corrected chi connectivity index (χ2v) is 4.75. The molecule has 20 heavy (non-hydrogen) atoms.